The molecule has 1 aromatic rings. The third kappa shape index (κ3) is 2.08. The molecule has 0 saturated heterocycles. The van der Waals surface area contributed by atoms with Crippen molar-refractivity contribution in [3.63, 3.8) is 0 Å². The number of aldehydes is 1. The lowest BCUT2D eigenvalue weighted by Gasteiger charge is -2.03. The molecule has 1 N–H and O–H groups in total. The van der Waals surface area contributed by atoms with Gasteiger partial charge in [0.15, 0.2) is 0 Å². The SMILES string of the molecule is O=CCc1cc(Br)cc(Br)c1O. The minimum atomic E-state index is 0.130. The van der Waals surface area contributed by atoms with Crippen LogP contribution in [-0.2, 0) is 11.2 Å². The van der Waals surface area contributed by atoms with Crippen LogP contribution in [0.1, 0.15) is 5.56 Å². The molecule has 0 atom stereocenters. The number of halogens is 2. The molecule has 0 fully saturated rings. The number of benzene rings is 1. The van der Waals surface area contributed by atoms with Gasteiger partial charge in [0.05, 0.1) is 4.47 Å². The summed E-state index contributed by atoms with van der Waals surface area (Å²) in [6.07, 6.45) is 0.984. The average Bonchev–Trinajstić information content (AvgIpc) is 2.00. The summed E-state index contributed by atoms with van der Waals surface area (Å²) < 4.78 is 1.43. The lowest BCUT2D eigenvalue weighted by molar-refractivity contribution is -0.107. The third-order valence-electron chi connectivity index (χ3n) is 1.41. The lowest BCUT2D eigenvalue weighted by Crippen LogP contribution is -1.87. The van der Waals surface area contributed by atoms with Gasteiger partial charge in [0.25, 0.3) is 0 Å². The minimum Gasteiger partial charge on any atom is -0.506 e. The van der Waals surface area contributed by atoms with Gasteiger partial charge in [0.2, 0.25) is 0 Å². The predicted octanol–water partition coefficient (Wildman–Crippen LogP) is 2.66. The van der Waals surface area contributed by atoms with E-state index >= 15 is 0 Å². The van der Waals surface area contributed by atoms with Crippen molar-refractivity contribution in [1.29, 1.82) is 0 Å². The van der Waals surface area contributed by atoms with Crippen LogP contribution in [0.5, 0.6) is 5.75 Å². The molecule has 0 amide bonds. The smallest absolute Gasteiger partial charge is 0.133 e. The number of phenols is 1. The highest BCUT2D eigenvalue weighted by Crippen LogP contribution is 2.31. The normalized spacial score (nSPS) is 9.83. The van der Waals surface area contributed by atoms with Crippen LogP contribution in [0.15, 0.2) is 21.1 Å². The fourth-order valence-corrected chi connectivity index (χ4v) is 2.18. The maximum absolute atomic E-state index is 10.2. The number of hydrogen-bond donors (Lipinski definition) is 1. The summed E-state index contributed by atoms with van der Waals surface area (Å²) in [4.78, 5) is 10.2. The second-order valence-corrected chi connectivity index (χ2v) is 4.04. The molecule has 0 unspecified atom stereocenters. The minimum absolute atomic E-state index is 0.130. The summed E-state index contributed by atoms with van der Waals surface area (Å²) >= 11 is 6.43. The van der Waals surface area contributed by atoms with Crippen molar-refractivity contribution in [1.82, 2.24) is 0 Å². The number of carbonyl (C=O) groups is 1. The van der Waals surface area contributed by atoms with Crippen molar-refractivity contribution in [3.05, 3.63) is 26.6 Å². The molecule has 1 rings (SSSR count). The molecule has 0 radical (unpaired) electrons. The number of phenolic OH excluding ortho intramolecular Hbond substituents is 1. The fraction of sp³-hybridized carbons (Fsp3) is 0.125. The maximum atomic E-state index is 10.2. The van der Waals surface area contributed by atoms with Gasteiger partial charge >= 0.3 is 0 Å². The van der Waals surface area contributed by atoms with Gasteiger partial charge in [0, 0.05) is 16.5 Å². The largest absolute Gasteiger partial charge is 0.506 e. The molecular formula is C8H6Br2O2. The van der Waals surface area contributed by atoms with Gasteiger partial charge in [-0.1, -0.05) is 15.9 Å². The Hall–Kier alpha value is -0.350. The number of aromatic hydroxyl groups is 1. The second kappa shape index (κ2) is 4.05. The molecule has 0 spiro atoms. The van der Waals surface area contributed by atoms with E-state index in [1.54, 1.807) is 12.1 Å². The van der Waals surface area contributed by atoms with Crippen LogP contribution in [0.3, 0.4) is 0 Å². The van der Waals surface area contributed by atoms with E-state index in [4.69, 9.17) is 0 Å². The number of hydrogen-bond acceptors (Lipinski definition) is 2. The Morgan fingerprint density at radius 3 is 2.67 bits per heavy atom. The summed E-state index contributed by atoms with van der Waals surface area (Å²) in [5, 5.41) is 9.43. The van der Waals surface area contributed by atoms with Gasteiger partial charge in [-0.3, -0.25) is 0 Å². The zero-order valence-electron chi connectivity index (χ0n) is 6.05. The topological polar surface area (TPSA) is 37.3 Å². The van der Waals surface area contributed by atoms with Gasteiger partial charge in [0.1, 0.15) is 12.0 Å². The zero-order chi connectivity index (χ0) is 9.14. The van der Waals surface area contributed by atoms with E-state index in [0.29, 0.717) is 10.0 Å². The Bertz CT molecular complexity index is 310. The van der Waals surface area contributed by atoms with Crippen LogP contribution in [-0.4, -0.2) is 11.4 Å². The molecule has 12 heavy (non-hydrogen) atoms. The Labute approximate surface area is 86.9 Å². The summed E-state index contributed by atoms with van der Waals surface area (Å²) in [6.45, 7) is 0. The highest BCUT2D eigenvalue weighted by molar-refractivity contribution is 9.11. The highest BCUT2D eigenvalue weighted by atomic mass is 79.9. The summed E-state index contributed by atoms with van der Waals surface area (Å²) in [5.41, 5.74) is 0.617. The number of rotatable bonds is 2. The second-order valence-electron chi connectivity index (χ2n) is 2.27. The van der Waals surface area contributed by atoms with E-state index < -0.39 is 0 Å². The van der Waals surface area contributed by atoms with Crippen molar-refractivity contribution in [2.45, 2.75) is 6.42 Å². The first-order chi connectivity index (χ1) is 5.65. The molecule has 0 saturated carbocycles. The molecule has 0 heterocycles. The van der Waals surface area contributed by atoms with E-state index in [-0.39, 0.29) is 12.2 Å². The van der Waals surface area contributed by atoms with E-state index in [1.807, 2.05) is 0 Å². The molecule has 0 aliphatic rings. The Kier molecular flexibility index (Phi) is 3.29. The molecule has 0 bridgehead atoms. The van der Waals surface area contributed by atoms with Crippen LogP contribution >= 0.6 is 31.9 Å². The van der Waals surface area contributed by atoms with E-state index in [9.17, 15) is 9.90 Å². The van der Waals surface area contributed by atoms with Crippen molar-refractivity contribution >= 4 is 38.1 Å². The van der Waals surface area contributed by atoms with Gasteiger partial charge in [-0.25, -0.2) is 0 Å². The first kappa shape index (κ1) is 9.74. The lowest BCUT2D eigenvalue weighted by atomic mass is 10.1. The monoisotopic (exact) mass is 292 g/mol. The number of carbonyl (C=O) groups excluding carboxylic acids is 1. The first-order valence-corrected chi connectivity index (χ1v) is 4.84. The molecule has 0 aliphatic heterocycles. The molecule has 0 aliphatic carbocycles. The molecule has 1 aromatic carbocycles. The zero-order valence-corrected chi connectivity index (χ0v) is 9.22. The van der Waals surface area contributed by atoms with E-state index in [1.165, 1.54) is 0 Å². The molecule has 4 heteroatoms. The van der Waals surface area contributed by atoms with Crippen molar-refractivity contribution in [2.24, 2.45) is 0 Å². The average molecular weight is 294 g/mol. The van der Waals surface area contributed by atoms with Gasteiger partial charge in [-0.15, -0.1) is 0 Å². The van der Waals surface area contributed by atoms with Crippen molar-refractivity contribution < 1.29 is 9.90 Å². The molecule has 64 valence electrons. The van der Waals surface area contributed by atoms with Gasteiger partial charge in [-0.2, -0.15) is 0 Å². The molecular weight excluding hydrogens is 288 g/mol. The van der Waals surface area contributed by atoms with E-state index in [0.717, 1.165) is 10.8 Å². The van der Waals surface area contributed by atoms with Crippen molar-refractivity contribution in [2.75, 3.05) is 0 Å². The standard InChI is InChI=1S/C8H6Br2O2/c9-6-3-5(1-2-11)8(12)7(10)4-6/h2-4,12H,1H2. The highest BCUT2D eigenvalue weighted by Gasteiger charge is 2.05. The summed E-state index contributed by atoms with van der Waals surface area (Å²) in [6, 6.07) is 3.44. The van der Waals surface area contributed by atoms with Gasteiger partial charge < -0.3 is 9.90 Å². The summed E-state index contributed by atoms with van der Waals surface area (Å²) in [5.74, 6) is 0.130. The van der Waals surface area contributed by atoms with Crippen LogP contribution in [0.2, 0.25) is 0 Å². The Morgan fingerprint density at radius 1 is 1.42 bits per heavy atom. The Morgan fingerprint density at radius 2 is 2.08 bits per heavy atom. The fourth-order valence-electron chi connectivity index (χ4n) is 0.865. The van der Waals surface area contributed by atoms with Crippen LogP contribution < -0.4 is 0 Å². The van der Waals surface area contributed by atoms with Gasteiger partial charge in [-0.05, 0) is 28.1 Å². The Balaban J connectivity index is 3.17. The molecule has 0 aromatic heterocycles. The quantitative estimate of drug-likeness (QED) is 0.851. The molecule has 2 nitrogen and oxygen atoms in total. The van der Waals surface area contributed by atoms with Crippen LogP contribution in [0, 0.1) is 0 Å². The van der Waals surface area contributed by atoms with Crippen molar-refractivity contribution in [3.8, 4) is 5.75 Å². The summed E-state index contributed by atoms with van der Waals surface area (Å²) in [7, 11) is 0. The van der Waals surface area contributed by atoms with Crippen LogP contribution in [0.25, 0.3) is 0 Å². The van der Waals surface area contributed by atoms with E-state index in [2.05, 4.69) is 31.9 Å². The predicted molar refractivity (Wildman–Crippen MR) is 53.3 cm³/mol. The maximum Gasteiger partial charge on any atom is 0.133 e. The first-order valence-electron chi connectivity index (χ1n) is 3.25. The third-order valence-corrected chi connectivity index (χ3v) is 2.47. The van der Waals surface area contributed by atoms with Crippen LogP contribution in [0.4, 0.5) is 0 Å².